The third-order valence-electron chi connectivity index (χ3n) is 4.21. The van der Waals surface area contributed by atoms with Crippen LogP contribution in [0.3, 0.4) is 0 Å². The highest BCUT2D eigenvalue weighted by molar-refractivity contribution is 5.83. The molecule has 0 fully saturated rings. The van der Waals surface area contributed by atoms with E-state index in [0.717, 1.165) is 29.1 Å². The van der Waals surface area contributed by atoms with E-state index in [1.54, 1.807) is 20.8 Å². The smallest absolute Gasteiger partial charge is 0.411 e. The second-order valence-corrected chi connectivity index (χ2v) is 7.24. The van der Waals surface area contributed by atoms with Gasteiger partial charge < -0.3 is 19.5 Å². The first kappa shape index (κ1) is 17.4. The molecule has 1 aromatic carbocycles. The normalized spacial score (nSPS) is 19.0. The molecule has 1 atom stereocenters. The summed E-state index contributed by atoms with van der Waals surface area (Å²) in [5, 5.41) is 3.29. The third-order valence-corrected chi connectivity index (χ3v) is 4.21. The number of fused-ring (bicyclic) bond motifs is 2. The van der Waals surface area contributed by atoms with Crippen molar-refractivity contribution in [3.05, 3.63) is 23.3 Å². The molecule has 0 saturated heterocycles. The minimum atomic E-state index is -0.699. The molecule has 0 saturated carbocycles. The molecular formula is C18H24N2O5. The minimum absolute atomic E-state index is 0.278. The summed E-state index contributed by atoms with van der Waals surface area (Å²) in [5.41, 5.74) is 2.24. The largest absolute Gasteiger partial charge is 0.490 e. The number of esters is 1. The fourth-order valence-corrected chi connectivity index (χ4v) is 3.08. The van der Waals surface area contributed by atoms with Crippen molar-refractivity contribution in [3.8, 4) is 5.75 Å². The SMILES string of the molecule is COC(=O)C1Cc2cc3c(cc2CN1C(=O)OC(C)(C)C)OCCN3. The first-order chi connectivity index (χ1) is 11.8. The van der Waals surface area contributed by atoms with Crippen LogP contribution < -0.4 is 10.1 Å². The van der Waals surface area contributed by atoms with Gasteiger partial charge in [-0.1, -0.05) is 0 Å². The monoisotopic (exact) mass is 348 g/mol. The zero-order chi connectivity index (χ0) is 18.2. The van der Waals surface area contributed by atoms with Crippen LogP contribution in [0.1, 0.15) is 31.9 Å². The summed E-state index contributed by atoms with van der Waals surface area (Å²) in [5.74, 6) is 0.323. The highest BCUT2D eigenvalue weighted by atomic mass is 16.6. The summed E-state index contributed by atoms with van der Waals surface area (Å²) in [6.07, 6.45) is -0.138. The Bertz CT molecular complexity index is 695. The Balaban J connectivity index is 1.93. The number of carbonyl (C=O) groups excluding carboxylic acids is 2. The fourth-order valence-electron chi connectivity index (χ4n) is 3.08. The minimum Gasteiger partial charge on any atom is -0.490 e. The third kappa shape index (κ3) is 3.65. The molecule has 7 nitrogen and oxygen atoms in total. The molecule has 2 aliphatic rings. The van der Waals surface area contributed by atoms with E-state index in [1.807, 2.05) is 12.1 Å². The number of nitrogens with zero attached hydrogens (tertiary/aromatic N) is 1. The van der Waals surface area contributed by atoms with Gasteiger partial charge in [-0.3, -0.25) is 4.90 Å². The maximum absolute atomic E-state index is 12.6. The molecule has 1 aromatic rings. The van der Waals surface area contributed by atoms with Gasteiger partial charge in [-0.2, -0.15) is 0 Å². The van der Waals surface area contributed by atoms with Crippen LogP contribution in [0.5, 0.6) is 5.75 Å². The molecule has 25 heavy (non-hydrogen) atoms. The van der Waals surface area contributed by atoms with Crippen molar-refractivity contribution in [2.45, 2.75) is 45.4 Å². The lowest BCUT2D eigenvalue weighted by atomic mass is 9.93. The topological polar surface area (TPSA) is 77.1 Å². The van der Waals surface area contributed by atoms with Crippen LogP contribution in [0.25, 0.3) is 0 Å². The van der Waals surface area contributed by atoms with Crippen LogP contribution >= 0.6 is 0 Å². The van der Waals surface area contributed by atoms with Gasteiger partial charge in [0.2, 0.25) is 0 Å². The van der Waals surface area contributed by atoms with Crippen molar-refractivity contribution in [2.75, 3.05) is 25.6 Å². The van der Waals surface area contributed by atoms with E-state index in [-0.39, 0.29) is 6.54 Å². The zero-order valence-electron chi connectivity index (χ0n) is 15.0. The quantitative estimate of drug-likeness (QED) is 0.785. The van der Waals surface area contributed by atoms with Gasteiger partial charge >= 0.3 is 12.1 Å². The summed E-state index contributed by atoms with van der Waals surface area (Å²) in [7, 11) is 1.33. The number of rotatable bonds is 1. The van der Waals surface area contributed by atoms with E-state index in [4.69, 9.17) is 14.2 Å². The number of ether oxygens (including phenoxy) is 3. The molecule has 1 N–H and O–H groups in total. The van der Waals surface area contributed by atoms with Gasteiger partial charge in [-0.05, 0) is 44.0 Å². The maximum Gasteiger partial charge on any atom is 0.411 e. The van der Waals surface area contributed by atoms with E-state index >= 15 is 0 Å². The fraction of sp³-hybridized carbons (Fsp3) is 0.556. The van der Waals surface area contributed by atoms with Gasteiger partial charge in [-0.25, -0.2) is 9.59 Å². The Hall–Kier alpha value is -2.44. The van der Waals surface area contributed by atoms with E-state index < -0.39 is 23.7 Å². The van der Waals surface area contributed by atoms with Crippen LogP contribution in [-0.2, 0) is 27.2 Å². The van der Waals surface area contributed by atoms with Gasteiger partial charge in [0.15, 0.2) is 0 Å². The number of benzene rings is 1. The van der Waals surface area contributed by atoms with E-state index in [2.05, 4.69) is 5.32 Å². The Labute approximate surface area is 147 Å². The number of anilines is 1. The van der Waals surface area contributed by atoms with Crippen LogP contribution in [0.4, 0.5) is 10.5 Å². The van der Waals surface area contributed by atoms with Gasteiger partial charge in [0.25, 0.3) is 0 Å². The average Bonchev–Trinajstić information content (AvgIpc) is 2.56. The molecule has 2 aliphatic heterocycles. The molecule has 0 spiro atoms. The Morgan fingerprint density at radius 1 is 1.28 bits per heavy atom. The Morgan fingerprint density at radius 3 is 2.72 bits per heavy atom. The second kappa shape index (κ2) is 6.46. The maximum atomic E-state index is 12.6. The lowest BCUT2D eigenvalue weighted by Gasteiger charge is -2.36. The van der Waals surface area contributed by atoms with Gasteiger partial charge in [0.1, 0.15) is 24.0 Å². The molecule has 1 amide bonds. The number of amides is 1. The van der Waals surface area contributed by atoms with Crippen LogP contribution in [-0.4, -0.2) is 48.9 Å². The highest BCUT2D eigenvalue weighted by Gasteiger charge is 2.38. The summed E-state index contributed by atoms with van der Waals surface area (Å²) in [6, 6.07) is 3.23. The molecule has 0 aliphatic carbocycles. The number of hydrogen-bond donors (Lipinski definition) is 1. The first-order valence-electron chi connectivity index (χ1n) is 8.38. The second-order valence-electron chi connectivity index (χ2n) is 7.24. The molecule has 1 unspecified atom stereocenters. The van der Waals surface area contributed by atoms with Crippen molar-refractivity contribution in [1.29, 1.82) is 0 Å². The van der Waals surface area contributed by atoms with E-state index in [9.17, 15) is 9.59 Å². The highest BCUT2D eigenvalue weighted by Crippen LogP contribution is 2.35. The first-order valence-corrected chi connectivity index (χ1v) is 8.38. The number of methoxy groups -OCH3 is 1. The van der Waals surface area contributed by atoms with Crippen LogP contribution in [0.2, 0.25) is 0 Å². The van der Waals surface area contributed by atoms with Crippen molar-refractivity contribution in [1.82, 2.24) is 4.90 Å². The summed E-state index contributed by atoms with van der Waals surface area (Å²) in [4.78, 5) is 26.3. The molecule has 2 heterocycles. The van der Waals surface area contributed by atoms with Crippen molar-refractivity contribution < 1.29 is 23.8 Å². The molecule has 0 aromatic heterocycles. The molecule has 0 bridgehead atoms. The van der Waals surface area contributed by atoms with Crippen LogP contribution in [0, 0.1) is 0 Å². The summed E-state index contributed by atoms with van der Waals surface area (Å²) >= 11 is 0. The predicted octanol–water partition coefficient (Wildman–Crippen LogP) is 2.33. The predicted molar refractivity (Wildman–Crippen MR) is 91.7 cm³/mol. The number of hydrogen-bond acceptors (Lipinski definition) is 6. The Kier molecular flexibility index (Phi) is 4.49. The molecule has 0 radical (unpaired) electrons. The standard InChI is InChI=1S/C18H24N2O5/c1-18(2,3)25-17(22)20-10-12-9-15-13(19-5-6-24-15)7-11(12)8-14(20)16(21)23-4/h7,9,14,19H,5-6,8,10H2,1-4H3. The molecular weight excluding hydrogens is 324 g/mol. The zero-order valence-corrected chi connectivity index (χ0v) is 15.0. The van der Waals surface area contributed by atoms with E-state index in [0.29, 0.717) is 13.0 Å². The van der Waals surface area contributed by atoms with Gasteiger partial charge in [0.05, 0.1) is 19.3 Å². The Morgan fingerprint density at radius 2 is 2.04 bits per heavy atom. The lowest BCUT2D eigenvalue weighted by Crippen LogP contribution is -2.50. The summed E-state index contributed by atoms with van der Waals surface area (Å²) < 4.78 is 16.0. The summed E-state index contributed by atoms with van der Waals surface area (Å²) in [6.45, 7) is 7.02. The molecule has 3 rings (SSSR count). The lowest BCUT2D eigenvalue weighted by molar-refractivity contribution is -0.147. The van der Waals surface area contributed by atoms with Gasteiger partial charge in [0, 0.05) is 13.0 Å². The average molecular weight is 348 g/mol. The van der Waals surface area contributed by atoms with E-state index in [1.165, 1.54) is 12.0 Å². The van der Waals surface area contributed by atoms with Crippen molar-refractivity contribution >= 4 is 17.7 Å². The number of carbonyl (C=O) groups is 2. The van der Waals surface area contributed by atoms with Crippen molar-refractivity contribution in [3.63, 3.8) is 0 Å². The van der Waals surface area contributed by atoms with Crippen molar-refractivity contribution in [2.24, 2.45) is 0 Å². The molecule has 136 valence electrons. The number of nitrogens with one attached hydrogen (secondary N) is 1. The van der Waals surface area contributed by atoms with Gasteiger partial charge in [-0.15, -0.1) is 0 Å². The molecule has 7 heteroatoms. The van der Waals surface area contributed by atoms with Crippen LogP contribution in [0.15, 0.2) is 12.1 Å².